The molecular formula is C12H12N2O3. The van der Waals surface area contributed by atoms with Crippen molar-refractivity contribution >= 4 is 11.9 Å². The maximum atomic E-state index is 11.7. The van der Waals surface area contributed by atoms with Crippen LogP contribution in [0.3, 0.4) is 0 Å². The third-order valence-corrected chi connectivity index (χ3v) is 2.19. The molecule has 17 heavy (non-hydrogen) atoms. The van der Waals surface area contributed by atoms with Gasteiger partial charge in [0.1, 0.15) is 0 Å². The van der Waals surface area contributed by atoms with Gasteiger partial charge in [-0.05, 0) is 19.1 Å². The normalized spacial score (nSPS) is 11.3. The number of nitrogens with one attached hydrogen (secondary N) is 1. The topological polar surface area (TPSA) is 90.2 Å². The van der Waals surface area contributed by atoms with Gasteiger partial charge in [-0.15, -0.1) is 0 Å². The highest BCUT2D eigenvalue weighted by Crippen LogP contribution is 2.08. The molecule has 0 aliphatic carbocycles. The van der Waals surface area contributed by atoms with Crippen LogP contribution in [0.5, 0.6) is 0 Å². The molecule has 0 radical (unpaired) electrons. The van der Waals surface area contributed by atoms with Crippen LogP contribution in [-0.2, 0) is 0 Å². The van der Waals surface area contributed by atoms with Gasteiger partial charge >= 0.3 is 5.97 Å². The van der Waals surface area contributed by atoms with Gasteiger partial charge in [0.15, 0.2) is 0 Å². The van der Waals surface area contributed by atoms with Crippen LogP contribution < -0.4 is 5.32 Å². The van der Waals surface area contributed by atoms with E-state index in [1.807, 2.05) is 6.07 Å². The first-order chi connectivity index (χ1) is 8.06. The highest BCUT2D eigenvalue weighted by atomic mass is 16.4. The zero-order valence-corrected chi connectivity index (χ0v) is 9.30. The summed E-state index contributed by atoms with van der Waals surface area (Å²) in [6.45, 7) is 1.87. The van der Waals surface area contributed by atoms with E-state index in [4.69, 9.17) is 10.4 Å². The fourth-order valence-corrected chi connectivity index (χ4v) is 1.25. The number of nitriles is 1. The molecule has 0 aliphatic rings. The van der Waals surface area contributed by atoms with Crippen molar-refractivity contribution in [2.24, 2.45) is 5.92 Å². The standard InChI is InChI=1S/C12H12N2O3/c1-8(6-13)7-14-11(15)9-4-2-3-5-10(9)12(16)17/h2-5,8H,7H2,1H3,(H,14,15)(H,16,17). The lowest BCUT2D eigenvalue weighted by Crippen LogP contribution is -2.29. The molecule has 0 bridgehead atoms. The fourth-order valence-electron chi connectivity index (χ4n) is 1.25. The Morgan fingerprint density at radius 2 is 2.00 bits per heavy atom. The summed E-state index contributed by atoms with van der Waals surface area (Å²) in [5, 5.41) is 20.0. The number of carboxylic acids is 1. The number of carbonyl (C=O) groups excluding carboxylic acids is 1. The van der Waals surface area contributed by atoms with Crippen LogP contribution >= 0.6 is 0 Å². The average molecular weight is 232 g/mol. The Balaban J connectivity index is 2.83. The van der Waals surface area contributed by atoms with Crippen molar-refractivity contribution in [2.75, 3.05) is 6.54 Å². The van der Waals surface area contributed by atoms with Gasteiger partial charge in [0.25, 0.3) is 5.91 Å². The molecule has 5 nitrogen and oxygen atoms in total. The Bertz CT molecular complexity index is 477. The number of benzene rings is 1. The van der Waals surface area contributed by atoms with Gasteiger partial charge in [0.2, 0.25) is 0 Å². The van der Waals surface area contributed by atoms with Crippen LogP contribution in [0.4, 0.5) is 0 Å². The van der Waals surface area contributed by atoms with Crippen LogP contribution in [0.2, 0.25) is 0 Å². The van der Waals surface area contributed by atoms with Crippen molar-refractivity contribution < 1.29 is 14.7 Å². The van der Waals surface area contributed by atoms with E-state index < -0.39 is 11.9 Å². The maximum absolute atomic E-state index is 11.7. The highest BCUT2D eigenvalue weighted by molar-refractivity contribution is 6.04. The number of carbonyl (C=O) groups is 2. The summed E-state index contributed by atoms with van der Waals surface area (Å²) < 4.78 is 0. The molecule has 1 atom stereocenters. The third-order valence-electron chi connectivity index (χ3n) is 2.19. The smallest absolute Gasteiger partial charge is 0.336 e. The van der Waals surface area contributed by atoms with Crippen LogP contribution in [0.1, 0.15) is 27.6 Å². The highest BCUT2D eigenvalue weighted by Gasteiger charge is 2.15. The minimum atomic E-state index is -1.15. The van der Waals surface area contributed by atoms with E-state index in [2.05, 4.69) is 5.32 Å². The SMILES string of the molecule is CC(C#N)CNC(=O)c1ccccc1C(=O)O. The Morgan fingerprint density at radius 1 is 1.41 bits per heavy atom. The Hall–Kier alpha value is -2.35. The fraction of sp³-hybridized carbons (Fsp3) is 0.250. The number of nitrogens with zero attached hydrogens (tertiary/aromatic N) is 1. The summed E-state index contributed by atoms with van der Waals surface area (Å²) in [6.07, 6.45) is 0. The zero-order valence-electron chi connectivity index (χ0n) is 9.30. The van der Waals surface area contributed by atoms with Crippen molar-refractivity contribution in [3.05, 3.63) is 35.4 Å². The lowest BCUT2D eigenvalue weighted by Gasteiger charge is -2.08. The number of aromatic carboxylic acids is 1. The largest absolute Gasteiger partial charge is 0.478 e. The van der Waals surface area contributed by atoms with Gasteiger partial charge in [-0.3, -0.25) is 4.79 Å². The van der Waals surface area contributed by atoms with Gasteiger partial charge in [0.05, 0.1) is 23.1 Å². The van der Waals surface area contributed by atoms with Crippen molar-refractivity contribution in [1.29, 1.82) is 5.26 Å². The molecule has 1 aromatic carbocycles. The molecule has 5 heteroatoms. The minimum absolute atomic E-state index is 0.0467. The second kappa shape index (κ2) is 5.66. The first-order valence-electron chi connectivity index (χ1n) is 5.06. The number of amides is 1. The van der Waals surface area contributed by atoms with E-state index in [1.54, 1.807) is 19.1 Å². The molecule has 0 saturated heterocycles. The van der Waals surface area contributed by atoms with E-state index in [1.165, 1.54) is 12.1 Å². The summed E-state index contributed by atoms with van der Waals surface area (Å²) in [6, 6.07) is 7.93. The van der Waals surface area contributed by atoms with E-state index >= 15 is 0 Å². The van der Waals surface area contributed by atoms with Crippen LogP contribution in [0.25, 0.3) is 0 Å². The average Bonchev–Trinajstić information content (AvgIpc) is 2.35. The number of carboxylic acid groups (broad SMARTS) is 1. The van der Waals surface area contributed by atoms with Crippen LogP contribution in [0.15, 0.2) is 24.3 Å². The predicted octanol–water partition coefficient (Wildman–Crippen LogP) is 1.27. The first-order valence-corrected chi connectivity index (χ1v) is 5.06. The quantitative estimate of drug-likeness (QED) is 0.818. The molecule has 0 aromatic heterocycles. The van der Waals surface area contributed by atoms with E-state index in [-0.39, 0.29) is 23.6 Å². The molecule has 0 spiro atoms. The number of hydrogen-bond donors (Lipinski definition) is 2. The summed E-state index contributed by atoms with van der Waals surface area (Å²) in [5.41, 5.74) is 0.0553. The molecule has 1 aromatic rings. The van der Waals surface area contributed by atoms with E-state index in [0.717, 1.165) is 0 Å². The minimum Gasteiger partial charge on any atom is -0.478 e. The third kappa shape index (κ3) is 3.31. The van der Waals surface area contributed by atoms with Crippen molar-refractivity contribution in [3.8, 4) is 6.07 Å². The lowest BCUT2D eigenvalue weighted by atomic mass is 10.1. The number of hydrogen-bond acceptors (Lipinski definition) is 3. The molecule has 0 heterocycles. The molecule has 0 saturated carbocycles. The summed E-state index contributed by atoms with van der Waals surface area (Å²) in [7, 11) is 0. The molecule has 2 N–H and O–H groups in total. The summed E-state index contributed by atoms with van der Waals surface area (Å²) >= 11 is 0. The Kier molecular flexibility index (Phi) is 4.23. The second-order valence-corrected chi connectivity index (χ2v) is 3.59. The Labute approximate surface area is 98.7 Å². The second-order valence-electron chi connectivity index (χ2n) is 3.59. The van der Waals surface area contributed by atoms with Crippen molar-refractivity contribution in [3.63, 3.8) is 0 Å². The Morgan fingerprint density at radius 3 is 2.53 bits per heavy atom. The molecule has 1 amide bonds. The van der Waals surface area contributed by atoms with Gasteiger partial charge < -0.3 is 10.4 Å². The predicted molar refractivity (Wildman–Crippen MR) is 60.5 cm³/mol. The van der Waals surface area contributed by atoms with E-state index in [9.17, 15) is 9.59 Å². The molecule has 0 aliphatic heterocycles. The number of rotatable bonds is 4. The summed E-state index contributed by atoms with van der Waals surface area (Å²) in [5.74, 6) is -1.94. The maximum Gasteiger partial charge on any atom is 0.336 e. The van der Waals surface area contributed by atoms with Crippen molar-refractivity contribution in [2.45, 2.75) is 6.92 Å². The lowest BCUT2D eigenvalue weighted by molar-refractivity contribution is 0.0691. The van der Waals surface area contributed by atoms with E-state index in [0.29, 0.717) is 0 Å². The molecular weight excluding hydrogens is 220 g/mol. The van der Waals surface area contributed by atoms with Crippen LogP contribution in [0, 0.1) is 17.2 Å². The monoisotopic (exact) mass is 232 g/mol. The van der Waals surface area contributed by atoms with Gasteiger partial charge in [-0.1, -0.05) is 12.1 Å². The van der Waals surface area contributed by atoms with Crippen LogP contribution in [-0.4, -0.2) is 23.5 Å². The molecule has 88 valence electrons. The molecule has 1 rings (SSSR count). The molecule has 1 unspecified atom stereocenters. The van der Waals surface area contributed by atoms with Gasteiger partial charge in [-0.2, -0.15) is 5.26 Å². The zero-order chi connectivity index (χ0) is 12.8. The van der Waals surface area contributed by atoms with Gasteiger partial charge in [0, 0.05) is 6.54 Å². The summed E-state index contributed by atoms with van der Waals surface area (Å²) in [4.78, 5) is 22.6. The molecule has 0 fully saturated rings. The van der Waals surface area contributed by atoms with Gasteiger partial charge in [-0.25, -0.2) is 4.79 Å². The first kappa shape index (κ1) is 12.7. The van der Waals surface area contributed by atoms with Crippen molar-refractivity contribution in [1.82, 2.24) is 5.32 Å².